The summed E-state index contributed by atoms with van der Waals surface area (Å²) in [5.74, 6) is 0. The van der Waals surface area contributed by atoms with Crippen LogP contribution in [0.5, 0.6) is 0 Å². The highest BCUT2D eigenvalue weighted by molar-refractivity contribution is 6.05. The Morgan fingerprint density at radius 1 is 0.217 bits per heavy atom. The monoisotopic (exact) mass is 764 g/mol. The van der Waals surface area contributed by atoms with E-state index in [2.05, 4.69) is 252 Å². The molecule has 0 spiro atoms. The van der Waals surface area contributed by atoms with E-state index >= 15 is 0 Å². The smallest absolute Gasteiger partial charge is 0.0781 e. The molecule has 0 saturated carbocycles. The third kappa shape index (κ3) is 6.41. The molecular formula is C58H40N2. The molecule has 11 rings (SSSR count). The molecule has 2 heteroatoms. The number of nitrogens with zero attached hydrogens (tertiary/aromatic N) is 2. The Morgan fingerprint density at radius 2 is 0.567 bits per heavy atom. The summed E-state index contributed by atoms with van der Waals surface area (Å²) in [4.78, 5) is 4.94. The predicted molar refractivity (Wildman–Crippen MR) is 257 cm³/mol. The van der Waals surface area contributed by atoms with Crippen LogP contribution in [0.2, 0.25) is 0 Å². The molecular weight excluding hydrogens is 725 g/mol. The summed E-state index contributed by atoms with van der Waals surface area (Å²) in [7, 11) is 0. The van der Waals surface area contributed by atoms with E-state index < -0.39 is 0 Å². The lowest BCUT2D eigenvalue weighted by atomic mass is 9.92. The first kappa shape index (κ1) is 35.2. The fourth-order valence-corrected chi connectivity index (χ4v) is 8.85. The van der Waals surface area contributed by atoms with Crippen LogP contribution in [0, 0.1) is 0 Å². The number of para-hydroxylation sites is 1. The van der Waals surface area contributed by atoms with Crippen LogP contribution in [0.3, 0.4) is 0 Å². The van der Waals surface area contributed by atoms with Crippen LogP contribution in [0.15, 0.2) is 243 Å². The lowest BCUT2D eigenvalue weighted by Crippen LogP contribution is -2.18. The van der Waals surface area contributed by atoms with Crippen molar-refractivity contribution in [1.29, 1.82) is 0 Å². The van der Waals surface area contributed by atoms with Crippen molar-refractivity contribution in [2.24, 2.45) is 0 Å². The van der Waals surface area contributed by atoms with Crippen molar-refractivity contribution in [3.05, 3.63) is 243 Å². The van der Waals surface area contributed by atoms with Crippen molar-refractivity contribution in [1.82, 2.24) is 0 Å². The normalized spacial score (nSPS) is 11.3. The minimum atomic E-state index is 1.06. The van der Waals surface area contributed by atoms with E-state index in [9.17, 15) is 0 Å². The SMILES string of the molecule is c1ccc(-c2ccccc2-c2cccc(N(c3ccc4ccccc4c3)c3ccc4ccccc4c3)c2N(c2ccc3ccccc3c2)c2ccc3ccccc3c2)cc1. The van der Waals surface area contributed by atoms with E-state index in [0.29, 0.717) is 0 Å². The molecule has 0 unspecified atom stereocenters. The summed E-state index contributed by atoms with van der Waals surface area (Å²) in [6.45, 7) is 0. The van der Waals surface area contributed by atoms with Crippen molar-refractivity contribution in [3.63, 3.8) is 0 Å². The number of benzene rings is 11. The summed E-state index contributed by atoms with van der Waals surface area (Å²) in [5, 5.41) is 9.57. The third-order valence-corrected chi connectivity index (χ3v) is 11.7. The summed E-state index contributed by atoms with van der Waals surface area (Å²) >= 11 is 0. The Labute approximate surface area is 350 Å². The Hall–Kier alpha value is -7.94. The zero-order valence-corrected chi connectivity index (χ0v) is 33.0. The first-order valence-electron chi connectivity index (χ1n) is 20.6. The number of hydrogen-bond acceptors (Lipinski definition) is 2. The summed E-state index contributed by atoms with van der Waals surface area (Å²) in [6.07, 6.45) is 0. The van der Waals surface area contributed by atoms with Crippen LogP contribution in [0.4, 0.5) is 34.1 Å². The molecule has 0 saturated heterocycles. The Balaban J connectivity index is 1.27. The Morgan fingerprint density at radius 3 is 1.02 bits per heavy atom. The van der Waals surface area contributed by atoms with E-state index in [0.717, 1.165) is 45.3 Å². The fourth-order valence-electron chi connectivity index (χ4n) is 8.85. The van der Waals surface area contributed by atoms with Gasteiger partial charge in [0.2, 0.25) is 0 Å². The summed E-state index contributed by atoms with van der Waals surface area (Å²) in [6, 6.07) is 88.4. The molecule has 0 heterocycles. The van der Waals surface area contributed by atoms with Crippen molar-refractivity contribution >= 4 is 77.2 Å². The maximum atomic E-state index is 2.49. The predicted octanol–water partition coefficient (Wildman–Crippen LogP) is 16.6. The highest BCUT2D eigenvalue weighted by atomic mass is 15.2. The Bertz CT molecular complexity index is 3190. The van der Waals surface area contributed by atoms with Gasteiger partial charge in [-0.05, 0) is 114 Å². The van der Waals surface area contributed by atoms with Gasteiger partial charge in [0.05, 0.1) is 11.4 Å². The van der Waals surface area contributed by atoms with Gasteiger partial charge >= 0.3 is 0 Å². The van der Waals surface area contributed by atoms with Crippen LogP contribution >= 0.6 is 0 Å². The molecule has 282 valence electrons. The van der Waals surface area contributed by atoms with E-state index in [4.69, 9.17) is 0 Å². The second kappa shape index (κ2) is 15.1. The molecule has 11 aromatic rings. The minimum absolute atomic E-state index is 1.06. The van der Waals surface area contributed by atoms with Gasteiger partial charge in [0.1, 0.15) is 0 Å². The maximum absolute atomic E-state index is 2.49. The zero-order valence-electron chi connectivity index (χ0n) is 33.0. The van der Waals surface area contributed by atoms with Gasteiger partial charge < -0.3 is 9.80 Å². The van der Waals surface area contributed by atoms with Crippen molar-refractivity contribution in [3.8, 4) is 22.3 Å². The van der Waals surface area contributed by atoms with Gasteiger partial charge in [-0.15, -0.1) is 0 Å². The fraction of sp³-hybridized carbons (Fsp3) is 0. The van der Waals surface area contributed by atoms with Gasteiger partial charge in [0, 0.05) is 28.3 Å². The molecule has 60 heavy (non-hydrogen) atoms. The van der Waals surface area contributed by atoms with Crippen LogP contribution < -0.4 is 9.80 Å². The third-order valence-electron chi connectivity index (χ3n) is 11.7. The molecule has 0 radical (unpaired) electrons. The molecule has 11 aromatic carbocycles. The number of fused-ring (bicyclic) bond motifs is 4. The first-order valence-corrected chi connectivity index (χ1v) is 20.6. The maximum Gasteiger partial charge on any atom is 0.0781 e. The van der Waals surface area contributed by atoms with Gasteiger partial charge in [0.15, 0.2) is 0 Å². The van der Waals surface area contributed by atoms with E-state index in [1.807, 2.05) is 0 Å². The standard InChI is InChI=1S/C58H40N2/c1-2-19-45(20-3-1)54-25-12-13-26-55(54)56-27-14-28-57(59(50-33-29-41-15-4-8-21-46(41)37-50)51-34-30-42-16-5-9-22-47(42)38-51)58(56)60(52-35-31-43-17-6-10-23-48(43)39-52)53-36-32-44-18-7-11-24-49(44)40-53/h1-40H. The van der Waals surface area contributed by atoms with E-state index in [1.54, 1.807) is 0 Å². The van der Waals surface area contributed by atoms with Crippen molar-refractivity contribution < 1.29 is 0 Å². The molecule has 0 aliphatic carbocycles. The molecule has 2 nitrogen and oxygen atoms in total. The van der Waals surface area contributed by atoms with Gasteiger partial charge in [0.25, 0.3) is 0 Å². The second-order valence-electron chi connectivity index (χ2n) is 15.4. The van der Waals surface area contributed by atoms with Crippen LogP contribution in [-0.2, 0) is 0 Å². The van der Waals surface area contributed by atoms with Crippen molar-refractivity contribution in [2.45, 2.75) is 0 Å². The molecule has 0 amide bonds. The van der Waals surface area contributed by atoms with Gasteiger partial charge in [-0.25, -0.2) is 0 Å². The van der Waals surface area contributed by atoms with E-state index in [-0.39, 0.29) is 0 Å². The Kier molecular flexibility index (Phi) is 8.87. The second-order valence-corrected chi connectivity index (χ2v) is 15.4. The average molecular weight is 765 g/mol. The summed E-state index contributed by atoms with van der Waals surface area (Å²) in [5.41, 5.74) is 11.1. The molecule has 0 aliphatic heterocycles. The molecule has 0 bridgehead atoms. The summed E-state index contributed by atoms with van der Waals surface area (Å²) < 4.78 is 0. The lowest BCUT2D eigenvalue weighted by molar-refractivity contribution is 1.23. The quantitative estimate of drug-likeness (QED) is 0.152. The average Bonchev–Trinajstić information content (AvgIpc) is 3.32. The van der Waals surface area contributed by atoms with E-state index in [1.165, 1.54) is 54.2 Å². The van der Waals surface area contributed by atoms with Crippen molar-refractivity contribution in [2.75, 3.05) is 9.80 Å². The number of hydrogen-bond donors (Lipinski definition) is 0. The van der Waals surface area contributed by atoms with Crippen LogP contribution in [0.25, 0.3) is 65.3 Å². The topological polar surface area (TPSA) is 6.48 Å². The highest BCUT2D eigenvalue weighted by Crippen LogP contribution is 2.52. The minimum Gasteiger partial charge on any atom is -0.308 e. The van der Waals surface area contributed by atoms with Gasteiger partial charge in [-0.1, -0.05) is 188 Å². The highest BCUT2D eigenvalue weighted by Gasteiger charge is 2.27. The number of anilines is 6. The molecule has 0 fully saturated rings. The number of rotatable bonds is 8. The van der Waals surface area contributed by atoms with Gasteiger partial charge in [-0.2, -0.15) is 0 Å². The molecule has 0 atom stereocenters. The van der Waals surface area contributed by atoms with Crippen LogP contribution in [0.1, 0.15) is 0 Å². The molecule has 0 aliphatic rings. The first-order chi connectivity index (χ1) is 29.7. The zero-order chi connectivity index (χ0) is 39.8. The largest absolute Gasteiger partial charge is 0.308 e. The molecule has 0 N–H and O–H groups in total. The van der Waals surface area contributed by atoms with Crippen LogP contribution in [-0.4, -0.2) is 0 Å². The van der Waals surface area contributed by atoms with Gasteiger partial charge in [-0.3, -0.25) is 0 Å². The lowest BCUT2D eigenvalue weighted by Gasteiger charge is -2.35. The molecule has 0 aromatic heterocycles.